The number of hydrogen-bond acceptors (Lipinski definition) is 5. The first-order valence-corrected chi connectivity index (χ1v) is 9.37. The first-order valence-electron chi connectivity index (χ1n) is 9.37. The largest absolute Gasteiger partial charge is 0.378 e. The van der Waals surface area contributed by atoms with Crippen molar-refractivity contribution in [2.45, 2.75) is 0 Å². The van der Waals surface area contributed by atoms with Gasteiger partial charge in [0.25, 0.3) is 5.91 Å². The highest BCUT2D eigenvalue weighted by atomic mass is 16.2. The van der Waals surface area contributed by atoms with Gasteiger partial charge in [0.05, 0.1) is 29.7 Å². The fraction of sp³-hybridized carbons (Fsp3) is 0.130. The Morgan fingerprint density at radius 2 is 1.77 bits per heavy atom. The van der Waals surface area contributed by atoms with Crippen molar-refractivity contribution in [1.82, 2.24) is 14.4 Å². The van der Waals surface area contributed by atoms with Crippen molar-refractivity contribution in [1.29, 1.82) is 5.26 Å². The predicted molar refractivity (Wildman–Crippen MR) is 117 cm³/mol. The van der Waals surface area contributed by atoms with Gasteiger partial charge in [-0.05, 0) is 36.4 Å². The lowest BCUT2D eigenvalue weighted by molar-refractivity contribution is 0.0988. The third-order valence-electron chi connectivity index (χ3n) is 4.96. The molecule has 0 bridgehead atoms. The molecule has 2 heterocycles. The van der Waals surface area contributed by atoms with Gasteiger partial charge in [0.2, 0.25) is 0 Å². The number of imidazole rings is 1. The zero-order chi connectivity index (χ0) is 21.3. The van der Waals surface area contributed by atoms with Crippen molar-refractivity contribution in [3.8, 4) is 17.3 Å². The van der Waals surface area contributed by atoms with E-state index in [-0.39, 0.29) is 5.91 Å². The van der Waals surface area contributed by atoms with Crippen LogP contribution in [0.4, 0.5) is 11.4 Å². The van der Waals surface area contributed by atoms with Gasteiger partial charge in [-0.25, -0.2) is 9.97 Å². The highest BCUT2D eigenvalue weighted by Gasteiger charge is 2.17. The van der Waals surface area contributed by atoms with E-state index in [1.165, 1.54) is 4.90 Å². The van der Waals surface area contributed by atoms with Crippen LogP contribution in [0, 0.1) is 11.3 Å². The van der Waals surface area contributed by atoms with Crippen LogP contribution in [0.1, 0.15) is 16.1 Å². The molecule has 0 aliphatic heterocycles. The second-order valence-electron chi connectivity index (χ2n) is 7.11. The van der Waals surface area contributed by atoms with Crippen molar-refractivity contribution in [2.75, 3.05) is 30.9 Å². The number of carbonyl (C=O) groups is 1. The molecule has 0 N–H and O–H groups in total. The summed E-state index contributed by atoms with van der Waals surface area (Å²) < 4.78 is 1.88. The van der Waals surface area contributed by atoms with Gasteiger partial charge in [-0.3, -0.25) is 9.20 Å². The van der Waals surface area contributed by atoms with Crippen LogP contribution in [0.25, 0.3) is 16.9 Å². The van der Waals surface area contributed by atoms with E-state index in [0.29, 0.717) is 22.6 Å². The van der Waals surface area contributed by atoms with Crippen LogP contribution in [-0.2, 0) is 0 Å². The number of hydrogen-bond donors (Lipinski definition) is 0. The monoisotopic (exact) mass is 396 g/mol. The average molecular weight is 396 g/mol. The molecule has 30 heavy (non-hydrogen) atoms. The summed E-state index contributed by atoms with van der Waals surface area (Å²) in [6, 6.07) is 17.0. The maximum Gasteiger partial charge on any atom is 0.278 e. The molecule has 0 saturated carbocycles. The number of benzene rings is 2. The molecular weight excluding hydrogens is 376 g/mol. The van der Waals surface area contributed by atoms with E-state index in [2.05, 4.69) is 22.1 Å². The maximum atomic E-state index is 13.0. The van der Waals surface area contributed by atoms with Crippen LogP contribution in [0.3, 0.4) is 0 Å². The number of nitrogens with zero attached hydrogens (tertiary/aromatic N) is 6. The average Bonchev–Trinajstić information content (AvgIpc) is 3.21. The molecule has 2 aromatic heterocycles. The van der Waals surface area contributed by atoms with Crippen molar-refractivity contribution in [3.05, 3.63) is 78.4 Å². The van der Waals surface area contributed by atoms with Gasteiger partial charge < -0.3 is 9.80 Å². The normalized spacial score (nSPS) is 10.6. The number of carbonyl (C=O) groups excluding carboxylic acids is 1. The Bertz CT molecular complexity index is 1270. The predicted octanol–water partition coefficient (Wildman–Crippen LogP) is 3.61. The van der Waals surface area contributed by atoms with Crippen LogP contribution < -0.4 is 9.80 Å². The van der Waals surface area contributed by atoms with Crippen molar-refractivity contribution in [3.63, 3.8) is 0 Å². The minimum atomic E-state index is -0.247. The highest BCUT2D eigenvalue weighted by Crippen LogP contribution is 2.25. The maximum absolute atomic E-state index is 13.0. The van der Waals surface area contributed by atoms with E-state index in [9.17, 15) is 4.79 Å². The molecule has 0 aliphatic rings. The molecule has 4 aromatic rings. The minimum Gasteiger partial charge on any atom is -0.378 e. The lowest BCUT2D eigenvalue weighted by atomic mass is 10.1. The molecule has 2 aromatic carbocycles. The van der Waals surface area contributed by atoms with Crippen molar-refractivity contribution < 1.29 is 4.79 Å². The molecule has 0 fully saturated rings. The fourth-order valence-corrected chi connectivity index (χ4v) is 3.21. The lowest BCUT2D eigenvalue weighted by Crippen LogP contribution is -2.27. The van der Waals surface area contributed by atoms with E-state index in [0.717, 1.165) is 16.9 Å². The highest BCUT2D eigenvalue weighted by molar-refractivity contribution is 6.04. The van der Waals surface area contributed by atoms with Crippen LogP contribution in [0.15, 0.2) is 67.1 Å². The summed E-state index contributed by atoms with van der Waals surface area (Å²) in [4.78, 5) is 25.3. The van der Waals surface area contributed by atoms with Gasteiger partial charge in [-0.1, -0.05) is 12.1 Å². The summed E-state index contributed by atoms with van der Waals surface area (Å²) in [5, 5.41) is 8.95. The van der Waals surface area contributed by atoms with E-state index >= 15 is 0 Å². The fourth-order valence-electron chi connectivity index (χ4n) is 3.21. The van der Waals surface area contributed by atoms with Gasteiger partial charge in [0, 0.05) is 44.3 Å². The first-order chi connectivity index (χ1) is 14.5. The molecule has 0 saturated heterocycles. The smallest absolute Gasteiger partial charge is 0.278 e. The zero-order valence-electron chi connectivity index (χ0n) is 16.9. The third-order valence-corrected chi connectivity index (χ3v) is 4.96. The molecule has 0 unspecified atom stereocenters. The van der Waals surface area contributed by atoms with Crippen LogP contribution in [0.5, 0.6) is 0 Å². The Kier molecular flexibility index (Phi) is 4.90. The van der Waals surface area contributed by atoms with Crippen LogP contribution >= 0.6 is 0 Å². The van der Waals surface area contributed by atoms with Crippen molar-refractivity contribution in [2.24, 2.45) is 0 Å². The molecule has 7 heteroatoms. The number of aromatic nitrogens is 3. The summed E-state index contributed by atoms with van der Waals surface area (Å²) in [6.45, 7) is 0. The zero-order valence-corrected chi connectivity index (χ0v) is 16.9. The lowest BCUT2D eigenvalue weighted by Gasteiger charge is -2.17. The molecule has 0 spiro atoms. The Hall–Kier alpha value is -4.18. The summed E-state index contributed by atoms with van der Waals surface area (Å²) in [7, 11) is 5.67. The standard InChI is InChI=1S/C23H20N6O/c1-27(2)19-6-4-5-17(11-19)21-13-26-22-14-25-20(15-29(21)22)23(30)28(3)18-9-7-16(12-24)8-10-18/h4-11,13-15H,1-3H3. The van der Waals surface area contributed by atoms with Crippen LogP contribution in [0.2, 0.25) is 0 Å². The third kappa shape index (κ3) is 3.47. The number of anilines is 2. The SMILES string of the molecule is CN(C)c1cccc(-c2cnc3cnc(C(=O)N(C)c4ccc(C#N)cc4)cn23)c1. The molecule has 0 atom stereocenters. The van der Waals surface area contributed by atoms with E-state index in [1.54, 1.807) is 49.9 Å². The Morgan fingerprint density at radius 1 is 1.00 bits per heavy atom. The number of fused-ring (bicyclic) bond motifs is 1. The second kappa shape index (κ2) is 7.68. The summed E-state index contributed by atoms with van der Waals surface area (Å²) in [5.74, 6) is -0.247. The molecular formula is C23H20N6O. The van der Waals surface area contributed by atoms with Gasteiger partial charge >= 0.3 is 0 Å². The molecule has 148 valence electrons. The molecule has 0 aliphatic carbocycles. The number of rotatable bonds is 4. The van der Waals surface area contributed by atoms with Crippen molar-refractivity contribution >= 4 is 22.9 Å². The molecule has 0 radical (unpaired) electrons. The van der Waals surface area contributed by atoms with Gasteiger partial charge in [0.1, 0.15) is 5.69 Å². The topological polar surface area (TPSA) is 77.5 Å². The molecule has 7 nitrogen and oxygen atoms in total. The summed E-state index contributed by atoms with van der Waals surface area (Å²) >= 11 is 0. The van der Waals surface area contributed by atoms with Gasteiger partial charge in [0.15, 0.2) is 5.65 Å². The number of amides is 1. The first kappa shape index (κ1) is 19.2. The second-order valence-corrected chi connectivity index (χ2v) is 7.11. The van der Waals surface area contributed by atoms with Gasteiger partial charge in [-0.2, -0.15) is 5.26 Å². The number of nitriles is 1. The Balaban J connectivity index is 1.71. The van der Waals surface area contributed by atoms with E-state index in [4.69, 9.17) is 5.26 Å². The van der Waals surface area contributed by atoms with Crippen LogP contribution in [-0.4, -0.2) is 41.4 Å². The summed E-state index contributed by atoms with van der Waals surface area (Å²) in [5.41, 5.74) is 5.15. The Morgan fingerprint density at radius 3 is 2.47 bits per heavy atom. The van der Waals surface area contributed by atoms with E-state index < -0.39 is 0 Å². The molecule has 4 rings (SSSR count). The van der Waals surface area contributed by atoms with E-state index in [1.807, 2.05) is 41.6 Å². The molecule has 1 amide bonds. The minimum absolute atomic E-state index is 0.247. The quantitative estimate of drug-likeness (QED) is 0.527. The summed E-state index contributed by atoms with van der Waals surface area (Å²) in [6.07, 6.45) is 5.09. The van der Waals surface area contributed by atoms with Gasteiger partial charge in [-0.15, -0.1) is 0 Å². The Labute approximate surface area is 174 Å².